The highest BCUT2D eigenvalue weighted by atomic mass is 79.9. The van der Waals surface area contributed by atoms with E-state index in [1.165, 1.54) is 5.56 Å². The lowest BCUT2D eigenvalue weighted by Crippen LogP contribution is -2.03. The molecule has 0 amide bonds. The fraction of sp³-hybridized carbons (Fsp3) is 0.462. The Balaban J connectivity index is 2.45. The molecule has 1 fully saturated rings. The third-order valence-corrected chi connectivity index (χ3v) is 3.57. The van der Waals surface area contributed by atoms with E-state index in [1.807, 2.05) is 0 Å². The van der Waals surface area contributed by atoms with E-state index in [0.717, 1.165) is 22.9 Å². The van der Waals surface area contributed by atoms with Crippen molar-refractivity contribution in [2.45, 2.75) is 38.1 Å². The summed E-state index contributed by atoms with van der Waals surface area (Å²) >= 11 is 3.51. The second-order valence-electron chi connectivity index (χ2n) is 4.66. The molecular formula is C13H14BrNO. The fourth-order valence-corrected chi connectivity index (χ4v) is 2.40. The summed E-state index contributed by atoms with van der Waals surface area (Å²) in [6.07, 6.45) is 3.61. The van der Waals surface area contributed by atoms with Crippen LogP contribution in [-0.4, -0.2) is 6.08 Å². The normalized spacial score (nSPS) is 17.0. The van der Waals surface area contributed by atoms with Crippen LogP contribution in [0.3, 0.4) is 0 Å². The minimum atomic E-state index is -0.269. The molecule has 1 aromatic rings. The van der Waals surface area contributed by atoms with Gasteiger partial charge in [-0.15, -0.1) is 0 Å². The van der Waals surface area contributed by atoms with Gasteiger partial charge in [0.1, 0.15) is 0 Å². The van der Waals surface area contributed by atoms with Crippen molar-refractivity contribution in [3.8, 4) is 0 Å². The van der Waals surface area contributed by atoms with Crippen LogP contribution in [-0.2, 0) is 10.3 Å². The Morgan fingerprint density at radius 2 is 2.06 bits per heavy atom. The van der Waals surface area contributed by atoms with Crippen molar-refractivity contribution in [3.05, 3.63) is 33.8 Å². The molecule has 2 rings (SSSR count). The lowest BCUT2D eigenvalue weighted by Gasteiger charge is -2.13. The molecule has 0 aromatic heterocycles. The number of rotatable bonds is 3. The van der Waals surface area contributed by atoms with Crippen LogP contribution in [0.1, 0.15) is 43.7 Å². The van der Waals surface area contributed by atoms with Gasteiger partial charge in [-0.05, 0) is 42.0 Å². The molecule has 0 spiro atoms. The topological polar surface area (TPSA) is 29.4 Å². The smallest absolute Gasteiger partial charge is 0.211 e. The summed E-state index contributed by atoms with van der Waals surface area (Å²) in [6, 6.07) is 6.33. The molecule has 1 aromatic carbocycles. The molecule has 0 heterocycles. The summed E-state index contributed by atoms with van der Waals surface area (Å²) in [5, 5.41) is 0. The van der Waals surface area contributed by atoms with E-state index < -0.39 is 0 Å². The standard InChI is InChI=1S/C13H14BrNO/c1-9(2)10-5-11(7-12(14)6-10)13(3-4-13)15-8-16/h5-7,9H,3-4H2,1-2H3. The summed E-state index contributed by atoms with van der Waals surface area (Å²) < 4.78 is 1.06. The van der Waals surface area contributed by atoms with Crippen LogP contribution in [0.5, 0.6) is 0 Å². The number of nitrogens with zero attached hydrogens (tertiary/aromatic N) is 1. The van der Waals surface area contributed by atoms with E-state index in [1.54, 1.807) is 6.08 Å². The molecule has 0 unspecified atom stereocenters. The van der Waals surface area contributed by atoms with Crippen LogP contribution in [0.25, 0.3) is 0 Å². The van der Waals surface area contributed by atoms with Crippen molar-refractivity contribution in [2.24, 2.45) is 4.99 Å². The predicted octanol–water partition coefficient (Wildman–Crippen LogP) is 3.90. The molecule has 16 heavy (non-hydrogen) atoms. The van der Waals surface area contributed by atoms with Gasteiger partial charge >= 0.3 is 0 Å². The van der Waals surface area contributed by atoms with Crippen LogP contribution in [0, 0.1) is 0 Å². The average Bonchev–Trinajstić information content (AvgIpc) is 2.98. The van der Waals surface area contributed by atoms with Gasteiger partial charge in [0, 0.05) is 4.47 Å². The Hall–Kier alpha value is -0.920. The first kappa shape index (κ1) is 11.6. The molecular weight excluding hydrogens is 266 g/mol. The highest BCUT2D eigenvalue weighted by Crippen LogP contribution is 2.50. The molecule has 0 saturated heterocycles. The number of isocyanates is 1. The quantitative estimate of drug-likeness (QED) is 0.610. The van der Waals surface area contributed by atoms with Gasteiger partial charge < -0.3 is 0 Å². The first-order valence-corrected chi connectivity index (χ1v) is 6.27. The molecule has 0 radical (unpaired) electrons. The molecule has 0 N–H and O–H groups in total. The molecule has 1 saturated carbocycles. The van der Waals surface area contributed by atoms with Crippen LogP contribution < -0.4 is 0 Å². The van der Waals surface area contributed by atoms with Crippen molar-refractivity contribution < 1.29 is 4.79 Å². The number of benzene rings is 1. The van der Waals surface area contributed by atoms with E-state index in [2.05, 4.69) is 53.0 Å². The molecule has 1 aliphatic carbocycles. The largest absolute Gasteiger partial charge is 0.235 e. The van der Waals surface area contributed by atoms with E-state index in [0.29, 0.717) is 5.92 Å². The van der Waals surface area contributed by atoms with E-state index >= 15 is 0 Å². The zero-order valence-corrected chi connectivity index (χ0v) is 11.0. The molecule has 0 bridgehead atoms. The maximum Gasteiger partial charge on any atom is 0.235 e. The summed E-state index contributed by atoms with van der Waals surface area (Å²) in [4.78, 5) is 14.4. The molecule has 1 aliphatic rings. The summed E-state index contributed by atoms with van der Waals surface area (Å²) in [6.45, 7) is 4.32. The highest BCUT2D eigenvalue weighted by molar-refractivity contribution is 9.10. The Bertz CT molecular complexity index is 457. The lowest BCUT2D eigenvalue weighted by atomic mass is 9.97. The maximum atomic E-state index is 10.4. The molecule has 0 atom stereocenters. The average molecular weight is 280 g/mol. The Morgan fingerprint density at radius 1 is 1.38 bits per heavy atom. The van der Waals surface area contributed by atoms with Gasteiger partial charge in [0.05, 0.1) is 5.54 Å². The second kappa shape index (κ2) is 4.15. The zero-order chi connectivity index (χ0) is 11.8. The minimum Gasteiger partial charge on any atom is -0.211 e. The Morgan fingerprint density at radius 3 is 2.56 bits per heavy atom. The number of hydrogen-bond donors (Lipinski definition) is 0. The Kier molecular flexibility index (Phi) is 3.00. The molecule has 84 valence electrons. The maximum absolute atomic E-state index is 10.4. The predicted molar refractivity (Wildman–Crippen MR) is 67.3 cm³/mol. The first-order chi connectivity index (χ1) is 7.57. The summed E-state index contributed by atoms with van der Waals surface area (Å²) in [5.41, 5.74) is 2.14. The monoisotopic (exact) mass is 279 g/mol. The fourth-order valence-electron chi connectivity index (χ4n) is 1.89. The number of hydrogen-bond acceptors (Lipinski definition) is 2. The molecule has 0 aliphatic heterocycles. The zero-order valence-electron chi connectivity index (χ0n) is 9.46. The van der Waals surface area contributed by atoms with Crippen molar-refractivity contribution in [1.29, 1.82) is 0 Å². The van der Waals surface area contributed by atoms with Crippen LogP contribution in [0.15, 0.2) is 27.7 Å². The van der Waals surface area contributed by atoms with Gasteiger partial charge in [-0.2, -0.15) is 4.99 Å². The van der Waals surface area contributed by atoms with Gasteiger partial charge in [0.2, 0.25) is 6.08 Å². The summed E-state index contributed by atoms with van der Waals surface area (Å²) in [7, 11) is 0. The van der Waals surface area contributed by atoms with Crippen molar-refractivity contribution in [2.75, 3.05) is 0 Å². The number of aliphatic imine (C=N–C) groups is 1. The van der Waals surface area contributed by atoms with Crippen molar-refractivity contribution >= 4 is 22.0 Å². The number of carbonyl (C=O) groups excluding carboxylic acids is 1. The lowest BCUT2D eigenvalue weighted by molar-refractivity contribution is 0.556. The van der Waals surface area contributed by atoms with Gasteiger partial charge in [0.15, 0.2) is 0 Å². The molecule has 3 heteroatoms. The minimum absolute atomic E-state index is 0.269. The van der Waals surface area contributed by atoms with Gasteiger partial charge in [-0.1, -0.05) is 35.8 Å². The SMILES string of the molecule is CC(C)c1cc(Br)cc(C2(N=C=O)CC2)c1. The summed E-state index contributed by atoms with van der Waals surface area (Å²) in [5.74, 6) is 0.479. The van der Waals surface area contributed by atoms with Crippen LogP contribution in [0.4, 0.5) is 0 Å². The van der Waals surface area contributed by atoms with Gasteiger partial charge in [0.25, 0.3) is 0 Å². The number of halogens is 1. The van der Waals surface area contributed by atoms with Crippen molar-refractivity contribution in [3.63, 3.8) is 0 Å². The Labute approximate surface area is 104 Å². The van der Waals surface area contributed by atoms with Gasteiger partial charge in [-0.25, -0.2) is 4.79 Å². The van der Waals surface area contributed by atoms with Crippen molar-refractivity contribution in [1.82, 2.24) is 0 Å². The third-order valence-electron chi connectivity index (χ3n) is 3.11. The first-order valence-electron chi connectivity index (χ1n) is 5.47. The second-order valence-corrected chi connectivity index (χ2v) is 5.58. The molecule has 2 nitrogen and oxygen atoms in total. The third kappa shape index (κ3) is 2.11. The van der Waals surface area contributed by atoms with Gasteiger partial charge in [-0.3, -0.25) is 0 Å². The van der Waals surface area contributed by atoms with Crippen LogP contribution in [0.2, 0.25) is 0 Å². The van der Waals surface area contributed by atoms with Crippen LogP contribution >= 0.6 is 15.9 Å². The highest BCUT2D eigenvalue weighted by Gasteiger charge is 2.45. The van der Waals surface area contributed by atoms with E-state index in [4.69, 9.17) is 0 Å². The van der Waals surface area contributed by atoms with E-state index in [9.17, 15) is 4.79 Å². The van der Waals surface area contributed by atoms with E-state index in [-0.39, 0.29) is 5.54 Å².